The minimum absolute atomic E-state index is 0.186. The number of rotatable bonds is 5. The van der Waals surface area contributed by atoms with Crippen molar-refractivity contribution >= 4 is 5.97 Å². The summed E-state index contributed by atoms with van der Waals surface area (Å²) in [5.41, 5.74) is 1.81. The zero-order chi connectivity index (χ0) is 13.7. The normalized spacial score (nSPS) is 10.2. The first-order chi connectivity index (χ1) is 9.22. The highest BCUT2D eigenvalue weighted by atomic mass is 16.7. The van der Waals surface area contributed by atoms with E-state index in [1.165, 1.54) is 0 Å². The molecule has 0 bridgehead atoms. The molecule has 2 aromatic carbocycles. The van der Waals surface area contributed by atoms with Gasteiger partial charge in [0.15, 0.2) is 6.79 Å². The van der Waals surface area contributed by atoms with Crippen molar-refractivity contribution in [3.63, 3.8) is 0 Å². The van der Waals surface area contributed by atoms with Gasteiger partial charge in [0.05, 0.1) is 5.56 Å². The number of methoxy groups -OCH3 is 1. The van der Waals surface area contributed by atoms with Crippen molar-refractivity contribution in [2.45, 2.75) is 0 Å². The third kappa shape index (κ3) is 3.11. The first-order valence-electron chi connectivity index (χ1n) is 5.77. The highest BCUT2D eigenvalue weighted by molar-refractivity contribution is 5.96. The summed E-state index contributed by atoms with van der Waals surface area (Å²) < 4.78 is 10.1. The fourth-order valence-corrected chi connectivity index (χ4v) is 1.78. The minimum Gasteiger partial charge on any atom is -0.478 e. The largest absolute Gasteiger partial charge is 0.478 e. The van der Waals surface area contributed by atoms with Crippen LogP contribution in [0.3, 0.4) is 0 Å². The highest BCUT2D eigenvalue weighted by Gasteiger charge is 2.10. The molecule has 0 aliphatic heterocycles. The van der Waals surface area contributed by atoms with Gasteiger partial charge in [0.2, 0.25) is 0 Å². The van der Waals surface area contributed by atoms with E-state index in [0.29, 0.717) is 11.3 Å². The third-order valence-corrected chi connectivity index (χ3v) is 2.67. The molecule has 0 fully saturated rings. The van der Waals surface area contributed by atoms with Gasteiger partial charge in [-0.3, -0.25) is 0 Å². The zero-order valence-corrected chi connectivity index (χ0v) is 10.5. The third-order valence-electron chi connectivity index (χ3n) is 2.67. The van der Waals surface area contributed by atoms with Gasteiger partial charge in [0.1, 0.15) is 5.75 Å². The van der Waals surface area contributed by atoms with E-state index < -0.39 is 5.97 Å². The van der Waals surface area contributed by atoms with Gasteiger partial charge in [0, 0.05) is 7.11 Å². The molecule has 0 aliphatic rings. The predicted molar refractivity (Wildman–Crippen MR) is 71.3 cm³/mol. The molecule has 0 amide bonds. The van der Waals surface area contributed by atoms with Crippen molar-refractivity contribution in [1.82, 2.24) is 0 Å². The molecule has 98 valence electrons. The van der Waals surface area contributed by atoms with E-state index in [0.717, 1.165) is 5.56 Å². The highest BCUT2D eigenvalue weighted by Crippen LogP contribution is 2.25. The Bertz CT molecular complexity index is 561. The minimum atomic E-state index is -0.935. The second kappa shape index (κ2) is 6.02. The van der Waals surface area contributed by atoms with Crippen molar-refractivity contribution in [2.24, 2.45) is 0 Å². The van der Waals surface area contributed by atoms with E-state index in [2.05, 4.69) is 0 Å². The molecule has 19 heavy (non-hydrogen) atoms. The van der Waals surface area contributed by atoms with Crippen molar-refractivity contribution in [2.75, 3.05) is 13.9 Å². The van der Waals surface area contributed by atoms with Crippen LogP contribution in [0.25, 0.3) is 11.1 Å². The summed E-state index contributed by atoms with van der Waals surface area (Å²) in [6, 6.07) is 14.1. The smallest absolute Gasteiger partial charge is 0.336 e. The van der Waals surface area contributed by atoms with Crippen LogP contribution in [0.15, 0.2) is 48.5 Å². The van der Waals surface area contributed by atoms with Crippen LogP contribution in [0.1, 0.15) is 10.4 Å². The van der Waals surface area contributed by atoms with E-state index in [-0.39, 0.29) is 12.4 Å². The number of hydrogen-bond acceptors (Lipinski definition) is 3. The lowest BCUT2D eigenvalue weighted by Crippen LogP contribution is -2.00. The molecule has 0 aliphatic carbocycles. The number of carboxylic acid groups (broad SMARTS) is 1. The molecular formula is C15H14O4. The molecule has 0 saturated carbocycles. The predicted octanol–water partition coefficient (Wildman–Crippen LogP) is 3.03. The second-order valence-corrected chi connectivity index (χ2v) is 3.93. The molecule has 1 N–H and O–H groups in total. The fourth-order valence-electron chi connectivity index (χ4n) is 1.78. The zero-order valence-electron chi connectivity index (χ0n) is 10.5. The standard InChI is InChI=1S/C15H14O4/c1-18-10-19-12-8-6-11(7-9-12)13-4-2-3-5-14(13)15(16)17/h2-9H,10H2,1H3,(H,16,17). The van der Waals surface area contributed by atoms with Gasteiger partial charge in [-0.1, -0.05) is 30.3 Å². The lowest BCUT2D eigenvalue weighted by Gasteiger charge is -2.08. The van der Waals surface area contributed by atoms with E-state index in [1.54, 1.807) is 37.4 Å². The summed E-state index contributed by atoms with van der Waals surface area (Å²) in [5.74, 6) is -0.256. The van der Waals surface area contributed by atoms with Crippen molar-refractivity contribution in [1.29, 1.82) is 0 Å². The molecule has 0 saturated heterocycles. The number of carbonyl (C=O) groups is 1. The summed E-state index contributed by atoms with van der Waals surface area (Å²) >= 11 is 0. The van der Waals surface area contributed by atoms with Gasteiger partial charge in [-0.15, -0.1) is 0 Å². The molecule has 2 aromatic rings. The summed E-state index contributed by atoms with van der Waals surface area (Å²) in [4.78, 5) is 11.2. The molecule has 0 spiro atoms. The van der Waals surface area contributed by atoms with Crippen LogP contribution in [0.5, 0.6) is 5.75 Å². The monoisotopic (exact) mass is 258 g/mol. The number of hydrogen-bond donors (Lipinski definition) is 1. The Hall–Kier alpha value is -2.33. The van der Waals surface area contributed by atoms with E-state index in [4.69, 9.17) is 14.6 Å². The average molecular weight is 258 g/mol. The Morgan fingerprint density at radius 3 is 2.42 bits per heavy atom. The van der Waals surface area contributed by atoms with E-state index in [9.17, 15) is 4.79 Å². The van der Waals surface area contributed by atoms with Gasteiger partial charge in [-0.25, -0.2) is 4.79 Å². The maximum Gasteiger partial charge on any atom is 0.336 e. The summed E-state index contributed by atoms with van der Waals surface area (Å²) in [5, 5.41) is 9.16. The van der Waals surface area contributed by atoms with Gasteiger partial charge in [-0.05, 0) is 29.3 Å². The Labute approximate surface area is 111 Å². The van der Waals surface area contributed by atoms with Crippen LogP contribution in [0.2, 0.25) is 0 Å². The molecular weight excluding hydrogens is 244 g/mol. The molecule has 0 heterocycles. The average Bonchev–Trinajstić information content (AvgIpc) is 2.45. The van der Waals surface area contributed by atoms with E-state index in [1.807, 2.05) is 18.2 Å². The fraction of sp³-hybridized carbons (Fsp3) is 0.133. The molecule has 0 aromatic heterocycles. The van der Waals surface area contributed by atoms with E-state index >= 15 is 0 Å². The number of ether oxygens (including phenoxy) is 2. The van der Waals surface area contributed by atoms with Crippen LogP contribution < -0.4 is 4.74 Å². The Balaban J connectivity index is 2.30. The van der Waals surface area contributed by atoms with Gasteiger partial charge >= 0.3 is 5.97 Å². The maximum absolute atomic E-state index is 11.2. The lowest BCUT2D eigenvalue weighted by atomic mass is 10.00. The first kappa shape index (κ1) is 13.1. The lowest BCUT2D eigenvalue weighted by molar-refractivity contribution is 0.0511. The molecule has 2 rings (SSSR count). The first-order valence-corrected chi connectivity index (χ1v) is 5.77. The van der Waals surface area contributed by atoms with Crippen LogP contribution in [0.4, 0.5) is 0 Å². The summed E-state index contributed by atoms with van der Waals surface area (Å²) in [6.07, 6.45) is 0. The Morgan fingerprint density at radius 1 is 1.11 bits per heavy atom. The molecule has 0 radical (unpaired) electrons. The SMILES string of the molecule is COCOc1ccc(-c2ccccc2C(=O)O)cc1. The van der Waals surface area contributed by atoms with Crippen LogP contribution in [0, 0.1) is 0 Å². The van der Waals surface area contributed by atoms with Crippen LogP contribution in [-0.2, 0) is 4.74 Å². The van der Waals surface area contributed by atoms with Crippen molar-refractivity contribution in [3.05, 3.63) is 54.1 Å². The van der Waals surface area contributed by atoms with Crippen molar-refractivity contribution in [3.8, 4) is 16.9 Å². The Morgan fingerprint density at radius 2 is 1.79 bits per heavy atom. The van der Waals surface area contributed by atoms with Gasteiger partial charge < -0.3 is 14.6 Å². The number of benzene rings is 2. The molecule has 0 unspecified atom stereocenters. The number of carboxylic acids is 1. The molecule has 4 nitrogen and oxygen atoms in total. The van der Waals surface area contributed by atoms with Crippen molar-refractivity contribution < 1.29 is 19.4 Å². The van der Waals surface area contributed by atoms with Crippen LogP contribution in [-0.4, -0.2) is 25.0 Å². The summed E-state index contributed by atoms with van der Waals surface area (Å²) in [6.45, 7) is 0.186. The van der Waals surface area contributed by atoms with Gasteiger partial charge in [-0.2, -0.15) is 0 Å². The molecule has 0 atom stereocenters. The van der Waals surface area contributed by atoms with Gasteiger partial charge in [0.25, 0.3) is 0 Å². The molecule has 4 heteroatoms. The van der Waals surface area contributed by atoms with Crippen LogP contribution >= 0.6 is 0 Å². The quantitative estimate of drug-likeness (QED) is 0.837. The maximum atomic E-state index is 11.2. The second-order valence-electron chi connectivity index (χ2n) is 3.93. The summed E-state index contributed by atoms with van der Waals surface area (Å²) in [7, 11) is 1.55. The topological polar surface area (TPSA) is 55.8 Å². The Kier molecular flexibility index (Phi) is 4.15. The number of aromatic carboxylic acids is 1.